The van der Waals surface area contributed by atoms with Crippen molar-refractivity contribution in [3.05, 3.63) is 28.6 Å². The molecule has 0 saturated heterocycles. The van der Waals surface area contributed by atoms with E-state index in [9.17, 15) is 4.79 Å². The molecule has 0 spiro atoms. The molecule has 0 radical (unpaired) electrons. The molecule has 0 aromatic carbocycles. The van der Waals surface area contributed by atoms with E-state index >= 15 is 0 Å². The summed E-state index contributed by atoms with van der Waals surface area (Å²) in [5.41, 5.74) is 6.86. The fourth-order valence-corrected chi connectivity index (χ4v) is 2.52. The van der Waals surface area contributed by atoms with Gasteiger partial charge in [0.25, 0.3) is 5.91 Å². The number of nitrogens with one attached hydrogen (secondary N) is 1. The van der Waals surface area contributed by atoms with Crippen LogP contribution in [-0.4, -0.2) is 22.6 Å². The van der Waals surface area contributed by atoms with E-state index in [1.165, 1.54) is 11.3 Å². The molecule has 114 valence electrons. The molecule has 0 aliphatic rings. The summed E-state index contributed by atoms with van der Waals surface area (Å²) in [6.07, 6.45) is 2.39. The summed E-state index contributed by atoms with van der Waals surface area (Å²) in [6, 6.07) is 1.70. The van der Waals surface area contributed by atoms with Gasteiger partial charge in [0.2, 0.25) is 0 Å². The van der Waals surface area contributed by atoms with Crippen LogP contribution in [0.4, 0.5) is 5.13 Å². The molecular weight excluding hydrogens is 288 g/mol. The Morgan fingerprint density at radius 1 is 1.52 bits per heavy atom. The first-order valence-corrected chi connectivity index (χ1v) is 7.86. The van der Waals surface area contributed by atoms with Crippen LogP contribution in [0.5, 0.6) is 0 Å². The second kappa shape index (κ2) is 7.21. The van der Waals surface area contributed by atoms with Gasteiger partial charge in [0, 0.05) is 24.4 Å². The first-order valence-electron chi connectivity index (χ1n) is 6.98. The molecule has 0 unspecified atom stereocenters. The van der Waals surface area contributed by atoms with E-state index in [-0.39, 0.29) is 5.91 Å². The van der Waals surface area contributed by atoms with Gasteiger partial charge in [-0.25, -0.2) is 4.98 Å². The molecule has 21 heavy (non-hydrogen) atoms. The summed E-state index contributed by atoms with van der Waals surface area (Å²) in [7, 11) is 0. The number of hydrogen-bond acceptors (Lipinski definition) is 6. The minimum atomic E-state index is -0.202. The maximum atomic E-state index is 11.9. The number of carbonyl (C=O) groups is 1. The van der Waals surface area contributed by atoms with Gasteiger partial charge >= 0.3 is 0 Å². The van der Waals surface area contributed by atoms with E-state index < -0.39 is 0 Å². The summed E-state index contributed by atoms with van der Waals surface area (Å²) < 4.78 is 5.14. The van der Waals surface area contributed by atoms with Crippen molar-refractivity contribution < 1.29 is 9.32 Å². The minimum Gasteiger partial charge on any atom is -0.375 e. The number of aryl methyl sites for hydroxylation is 1. The summed E-state index contributed by atoms with van der Waals surface area (Å²) in [5, 5.41) is 9.14. The molecule has 2 rings (SSSR count). The first kappa shape index (κ1) is 15.5. The predicted molar refractivity (Wildman–Crippen MR) is 82.2 cm³/mol. The lowest BCUT2D eigenvalue weighted by Crippen LogP contribution is -2.25. The van der Waals surface area contributed by atoms with Gasteiger partial charge in [-0.1, -0.05) is 19.0 Å². The first-order chi connectivity index (χ1) is 10.0. The normalized spacial score (nSPS) is 11.0. The van der Waals surface area contributed by atoms with Crippen LogP contribution < -0.4 is 11.1 Å². The fourth-order valence-electron chi connectivity index (χ4n) is 1.92. The number of rotatable bonds is 7. The van der Waals surface area contributed by atoms with Crippen molar-refractivity contribution in [3.63, 3.8) is 0 Å². The third-order valence-electron chi connectivity index (χ3n) is 2.87. The lowest BCUT2D eigenvalue weighted by atomic mass is 10.1. The lowest BCUT2D eigenvalue weighted by molar-refractivity contribution is 0.0944. The van der Waals surface area contributed by atoms with Crippen LogP contribution in [0.15, 0.2) is 16.0 Å². The Kier molecular flexibility index (Phi) is 5.32. The number of nitrogens with zero attached hydrogens (tertiary/aromatic N) is 2. The maximum absolute atomic E-state index is 11.9. The molecule has 0 fully saturated rings. The zero-order chi connectivity index (χ0) is 15.2. The molecular formula is C14H20N4O2S. The highest BCUT2D eigenvalue weighted by Crippen LogP contribution is 2.12. The van der Waals surface area contributed by atoms with Crippen molar-refractivity contribution in [3.8, 4) is 0 Å². The van der Waals surface area contributed by atoms with Crippen molar-refractivity contribution in [1.29, 1.82) is 0 Å². The van der Waals surface area contributed by atoms with Crippen LogP contribution in [-0.2, 0) is 12.8 Å². The number of nitrogen functional groups attached to an aromatic ring is 1. The molecule has 0 saturated carbocycles. The number of carbonyl (C=O) groups excluding carboxylic acids is 1. The molecule has 0 aliphatic heterocycles. The Bertz CT molecular complexity index is 591. The fraction of sp³-hybridized carbons (Fsp3) is 0.500. The average Bonchev–Trinajstić information content (AvgIpc) is 3.03. The number of hydrogen-bond donors (Lipinski definition) is 2. The van der Waals surface area contributed by atoms with E-state index in [2.05, 4.69) is 29.3 Å². The molecule has 2 aromatic rings. The van der Waals surface area contributed by atoms with Crippen LogP contribution in [0.3, 0.4) is 0 Å². The molecule has 2 aromatic heterocycles. The summed E-state index contributed by atoms with van der Waals surface area (Å²) in [5.74, 6) is 1.01. The van der Waals surface area contributed by atoms with Crippen molar-refractivity contribution in [2.24, 2.45) is 5.92 Å². The molecule has 6 nitrogen and oxygen atoms in total. The Balaban J connectivity index is 1.72. The van der Waals surface area contributed by atoms with Gasteiger partial charge < -0.3 is 15.6 Å². The van der Waals surface area contributed by atoms with Crippen LogP contribution in [0.25, 0.3) is 0 Å². The summed E-state index contributed by atoms with van der Waals surface area (Å²) >= 11 is 1.43. The molecule has 7 heteroatoms. The van der Waals surface area contributed by atoms with E-state index in [4.69, 9.17) is 10.3 Å². The van der Waals surface area contributed by atoms with Gasteiger partial charge in [-0.15, -0.1) is 11.3 Å². The quantitative estimate of drug-likeness (QED) is 0.765. The number of anilines is 1. The third-order valence-corrected chi connectivity index (χ3v) is 3.59. The molecule has 0 atom stereocenters. The van der Waals surface area contributed by atoms with E-state index in [0.717, 1.165) is 30.7 Å². The van der Waals surface area contributed by atoms with Crippen molar-refractivity contribution >= 4 is 22.4 Å². The summed E-state index contributed by atoms with van der Waals surface area (Å²) in [6.45, 7) is 4.75. The van der Waals surface area contributed by atoms with Gasteiger partial charge in [0.15, 0.2) is 10.8 Å². The van der Waals surface area contributed by atoms with Crippen LogP contribution >= 0.6 is 11.3 Å². The Morgan fingerprint density at radius 3 is 3.00 bits per heavy atom. The number of thiazole rings is 1. The highest BCUT2D eigenvalue weighted by atomic mass is 32.1. The monoisotopic (exact) mass is 308 g/mol. The highest BCUT2D eigenvalue weighted by Gasteiger charge is 2.12. The van der Waals surface area contributed by atoms with Crippen molar-refractivity contribution in [2.45, 2.75) is 33.1 Å². The van der Waals surface area contributed by atoms with Crippen LogP contribution in [0.2, 0.25) is 0 Å². The van der Waals surface area contributed by atoms with Crippen LogP contribution in [0, 0.1) is 5.92 Å². The van der Waals surface area contributed by atoms with Crippen molar-refractivity contribution in [1.82, 2.24) is 15.5 Å². The Hall–Kier alpha value is -1.89. The molecule has 0 aliphatic carbocycles. The van der Waals surface area contributed by atoms with Gasteiger partial charge in [-0.05, 0) is 18.8 Å². The van der Waals surface area contributed by atoms with Gasteiger partial charge in [0.1, 0.15) is 5.76 Å². The topological polar surface area (TPSA) is 94.0 Å². The number of amides is 1. The SMILES string of the molecule is CC(C)Cc1cc(C(=O)NCCCc2csc(N)n2)no1. The van der Waals surface area contributed by atoms with E-state index in [0.29, 0.717) is 23.3 Å². The number of aromatic nitrogens is 2. The largest absolute Gasteiger partial charge is 0.375 e. The lowest BCUT2D eigenvalue weighted by Gasteiger charge is -2.01. The van der Waals surface area contributed by atoms with Crippen molar-refractivity contribution in [2.75, 3.05) is 12.3 Å². The minimum absolute atomic E-state index is 0.202. The zero-order valence-electron chi connectivity index (χ0n) is 12.3. The van der Waals surface area contributed by atoms with E-state index in [1.54, 1.807) is 6.07 Å². The second-order valence-electron chi connectivity index (χ2n) is 5.31. The molecule has 3 N–H and O–H groups in total. The van der Waals surface area contributed by atoms with Gasteiger partial charge in [0.05, 0.1) is 5.69 Å². The zero-order valence-corrected chi connectivity index (χ0v) is 13.1. The standard InChI is InChI=1S/C14H20N4O2S/c1-9(2)6-11-7-12(18-20-11)13(19)16-5-3-4-10-8-21-14(15)17-10/h7-9H,3-6H2,1-2H3,(H2,15,17)(H,16,19). The Labute approximate surface area is 127 Å². The summed E-state index contributed by atoms with van der Waals surface area (Å²) in [4.78, 5) is 16.1. The Morgan fingerprint density at radius 2 is 2.33 bits per heavy atom. The van der Waals surface area contributed by atoms with Gasteiger partial charge in [-0.2, -0.15) is 0 Å². The molecule has 1 amide bonds. The third kappa shape index (κ3) is 4.86. The molecule has 0 bridgehead atoms. The maximum Gasteiger partial charge on any atom is 0.273 e. The van der Waals surface area contributed by atoms with E-state index in [1.807, 2.05) is 5.38 Å². The highest BCUT2D eigenvalue weighted by molar-refractivity contribution is 7.13. The average molecular weight is 308 g/mol. The van der Waals surface area contributed by atoms with Crippen LogP contribution in [0.1, 0.15) is 42.2 Å². The smallest absolute Gasteiger partial charge is 0.273 e. The predicted octanol–water partition coefficient (Wildman–Crippen LogP) is 2.27. The second-order valence-corrected chi connectivity index (χ2v) is 6.20. The number of nitrogens with two attached hydrogens (primary N) is 1. The van der Waals surface area contributed by atoms with Gasteiger partial charge in [-0.3, -0.25) is 4.79 Å². The molecule has 2 heterocycles.